The van der Waals surface area contributed by atoms with Crippen LogP contribution in [-0.2, 0) is 9.59 Å². The number of benzene rings is 2. The lowest BCUT2D eigenvalue weighted by molar-refractivity contribution is -0.137. The van der Waals surface area contributed by atoms with E-state index in [1.54, 1.807) is 42.5 Å². The number of nitrogens with zero attached hydrogens (tertiary/aromatic N) is 1. The molecule has 0 aromatic heterocycles. The van der Waals surface area contributed by atoms with Crippen LogP contribution < -0.4 is 15.4 Å². The molecule has 3 amide bonds. The van der Waals surface area contributed by atoms with Crippen molar-refractivity contribution in [2.75, 3.05) is 30.9 Å². The highest BCUT2D eigenvalue weighted by Gasteiger charge is 2.30. The van der Waals surface area contributed by atoms with Crippen LogP contribution in [0.2, 0.25) is 5.02 Å². The highest BCUT2D eigenvalue weighted by Crippen LogP contribution is 2.28. The molecular formula is C20H18ClN3O5. The number of anilines is 2. The van der Waals surface area contributed by atoms with Crippen LogP contribution in [0.25, 0.3) is 0 Å². The molecule has 0 spiro atoms. The number of aliphatic hydroxyl groups is 1. The molecule has 1 heterocycles. The van der Waals surface area contributed by atoms with Gasteiger partial charge in [0.25, 0.3) is 17.7 Å². The van der Waals surface area contributed by atoms with Crippen molar-refractivity contribution in [2.45, 2.75) is 0 Å². The minimum Gasteiger partial charge on any atom is -0.495 e. The SMILES string of the molecule is COc1ccc(Cl)cc1NC(=O)c1cccc(NC2=CC(=O)N(CCO)C2=O)c1. The lowest BCUT2D eigenvalue weighted by Crippen LogP contribution is -2.34. The van der Waals surface area contributed by atoms with Gasteiger partial charge in [-0.25, -0.2) is 0 Å². The first-order valence-electron chi connectivity index (χ1n) is 8.63. The molecule has 3 N–H and O–H groups in total. The minimum atomic E-state index is -0.539. The van der Waals surface area contributed by atoms with Gasteiger partial charge in [-0.3, -0.25) is 19.3 Å². The Kier molecular flexibility index (Phi) is 6.16. The van der Waals surface area contributed by atoms with Crippen molar-refractivity contribution in [3.63, 3.8) is 0 Å². The van der Waals surface area contributed by atoms with Crippen LogP contribution in [0.3, 0.4) is 0 Å². The average molecular weight is 416 g/mol. The monoisotopic (exact) mass is 415 g/mol. The maximum Gasteiger partial charge on any atom is 0.277 e. The van der Waals surface area contributed by atoms with E-state index in [9.17, 15) is 14.4 Å². The number of β-amino-alcohol motifs (C(OH)–C–C–N with tert-alkyl or cyclic N) is 1. The molecule has 0 fully saturated rings. The molecule has 0 saturated heterocycles. The second-order valence-corrected chi connectivity index (χ2v) is 6.52. The fourth-order valence-corrected chi connectivity index (χ4v) is 2.95. The van der Waals surface area contributed by atoms with E-state index in [1.807, 2.05) is 0 Å². The van der Waals surface area contributed by atoms with Crippen LogP contribution in [0.4, 0.5) is 11.4 Å². The third-order valence-corrected chi connectivity index (χ3v) is 4.38. The zero-order valence-corrected chi connectivity index (χ0v) is 16.2. The minimum absolute atomic E-state index is 0.0671. The number of hydrogen-bond donors (Lipinski definition) is 3. The zero-order chi connectivity index (χ0) is 21.0. The van der Waals surface area contributed by atoms with Crippen LogP contribution in [0.5, 0.6) is 5.75 Å². The summed E-state index contributed by atoms with van der Waals surface area (Å²) in [6.45, 7) is -0.398. The number of carbonyl (C=O) groups excluding carboxylic acids is 3. The van der Waals surface area contributed by atoms with Crippen molar-refractivity contribution < 1.29 is 24.2 Å². The number of amides is 3. The molecule has 0 atom stereocenters. The van der Waals surface area contributed by atoms with Crippen LogP contribution in [0, 0.1) is 0 Å². The fourth-order valence-electron chi connectivity index (χ4n) is 2.78. The first-order chi connectivity index (χ1) is 13.9. The number of aliphatic hydroxyl groups excluding tert-OH is 1. The molecule has 0 bridgehead atoms. The summed E-state index contributed by atoms with van der Waals surface area (Å²) in [5.74, 6) is -0.990. The van der Waals surface area contributed by atoms with Crippen LogP contribution >= 0.6 is 11.6 Å². The maximum atomic E-state index is 12.6. The van der Waals surface area contributed by atoms with Gasteiger partial charge in [-0.1, -0.05) is 17.7 Å². The van der Waals surface area contributed by atoms with Gasteiger partial charge in [0.2, 0.25) is 0 Å². The van der Waals surface area contributed by atoms with Gasteiger partial charge >= 0.3 is 0 Å². The van der Waals surface area contributed by atoms with Crippen molar-refractivity contribution >= 4 is 40.7 Å². The Hall–Kier alpha value is -3.36. The second-order valence-electron chi connectivity index (χ2n) is 6.08. The molecule has 150 valence electrons. The lowest BCUT2D eigenvalue weighted by Gasteiger charge is -2.14. The lowest BCUT2D eigenvalue weighted by atomic mass is 10.1. The van der Waals surface area contributed by atoms with Gasteiger partial charge in [-0.15, -0.1) is 0 Å². The van der Waals surface area contributed by atoms with Crippen LogP contribution in [-0.4, -0.2) is 48.0 Å². The molecule has 3 rings (SSSR count). The van der Waals surface area contributed by atoms with Crippen molar-refractivity contribution in [3.05, 3.63) is 64.8 Å². The molecule has 1 aliphatic rings. The molecule has 2 aromatic carbocycles. The summed E-state index contributed by atoms with van der Waals surface area (Å²) < 4.78 is 5.22. The number of ether oxygens (including phenoxy) is 1. The van der Waals surface area contributed by atoms with Gasteiger partial charge < -0.3 is 20.5 Å². The summed E-state index contributed by atoms with van der Waals surface area (Å²) in [6, 6.07) is 11.3. The fraction of sp³-hybridized carbons (Fsp3) is 0.150. The van der Waals surface area contributed by atoms with Crippen LogP contribution in [0.1, 0.15) is 10.4 Å². The Morgan fingerprint density at radius 3 is 2.72 bits per heavy atom. The molecule has 0 aliphatic carbocycles. The number of nitrogens with one attached hydrogen (secondary N) is 2. The number of rotatable bonds is 7. The van der Waals surface area contributed by atoms with E-state index in [0.29, 0.717) is 27.7 Å². The molecule has 1 aliphatic heterocycles. The highest BCUT2D eigenvalue weighted by atomic mass is 35.5. The van der Waals surface area contributed by atoms with Gasteiger partial charge in [0.15, 0.2) is 0 Å². The summed E-state index contributed by atoms with van der Waals surface area (Å²) in [4.78, 5) is 37.6. The molecule has 2 aromatic rings. The molecule has 9 heteroatoms. The van der Waals surface area contributed by atoms with E-state index in [4.69, 9.17) is 21.4 Å². The predicted octanol–water partition coefficient (Wildman–Crippen LogP) is 2.26. The number of halogens is 1. The molecule has 0 saturated carbocycles. The van der Waals surface area contributed by atoms with Gasteiger partial charge in [0, 0.05) is 22.3 Å². The van der Waals surface area contributed by atoms with Gasteiger partial charge in [0.05, 0.1) is 25.9 Å². The number of hydrogen-bond acceptors (Lipinski definition) is 6. The van der Waals surface area contributed by atoms with Gasteiger partial charge in [-0.2, -0.15) is 0 Å². The Balaban J connectivity index is 1.76. The molecule has 0 radical (unpaired) electrons. The largest absolute Gasteiger partial charge is 0.495 e. The van der Waals surface area contributed by atoms with E-state index in [-0.39, 0.29) is 18.8 Å². The Labute approximate surface area is 171 Å². The smallest absolute Gasteiger partial charge is 0.277 e. The third kappa shape index (κ3) is 4.56. The van der Waals surface area contributed by atoms with E-state index < -0.39 is 17.7 Å². The summed E-state index contributed by atoms with van der Waals surface area (Å²) >= 11 is 5.98. The molecule has 8 nitrogen and oxygen atoms in total. The van der Waals surface area contributed by atoms with Crippen molar-refractivity contribution in [1.29, 1.82) is 0 Å². The number of imide groups is 1. The predicted molar refractivity (Wildman–Crippen MR) is 108 cm³/mol. The molecular weight excluding hydrogens is 398 g/mol. The summed E-state index contributed by atoms with van der Waals surface area (Å²) in [5, 5.41) is 15.0. The summed E-state index contributed by atoms with van der Waals surface area (Å²) in [7, 11) is 1.48. The Bertz CT molecular complexity index is 1010. The van der Waals surface area contributed by atoms with Crippen molar-refractivity contribution in [2.24, 2.45) is 0 Å². The van der Waals surface area contributed by atoms with E-state index >= 15 is 0 Å². The average Bonchev–Trinajstić information content (AvgIpc) is 2.96. The quantitative estimate of drug-likeness (QED) is 0.599. The third-order valence-electron chi connectivity index (χ3n) is 4.15. The zero-order valence-electron chi connectivity index (χ0n) is 15.4. The van der Waals surface area contributed by atoms with Crippen molar-refractivity contribution in [3.8, 4) is 5.75 Å². The van der Waals surface area contributed by atoms with Crippen molar-refractivity contribution in [1.82, 2.24) is 4.90 Å². The first-order valence-corrected chi connectivity index (χ1v) is 9.01. The molecule has 29 heavy (non-hydrogen) atoms. The Morgan fingerprint density at radius 2 is 2.00 bits per heavy atom. The maximum absolute atomic E-state index is 12.6. The second kappa shape index (κ2) is 8.76. The summed E-state index contributed by atoms with van der Waals surface area (Å²) in [6.07, 6.45) is 1.15. The van der Waals surface area contributed by atoms with E-state index in [2.05, 4.69) is 10.6 Å². The molecule has 0 unspecified atom stereocenters. The van der Waals surface area contributed by atoms with E-state index in [1.165, 1.54) is 7.11 Å². The van der Waals surface area contributed by atoms with E-state index in [0.717, 1.165) is 11.0 Å². The number of carbonyl (C=O) groups is 3. The number of methoxy groups -OCH3 is 1. The topological polar surface area (TPSA) is 108 Å². The highest BCUT2D eigenvalue weighted by molar-refractivity contribution is 6.31. The normalized spacial score (nSPS) is 13.3. The van der Waals surface area contributed by atoms with Crippen LogP contribution in [0.15, 0.2) is 54.2 Å². The standard InChI is InChI=1S/C20H18ClN3O5/c1-29-17-6-5-13(21)10-15(17)23-19(27)12-3-2-4-14(9-12)22-16-11-18(26)24(7-8-25)20(16)28/h2-6,9-11,22,25H,7-8H2,1H3,(H,23,27). The van der Waals surface area contributed by atoms with Gasteiger partial charge in [-0.05, 0) is 36.4 Å². The summed E-state index contributed by atoms with van der Waals surface area (Å²) in [5.41, 5.74) is 1.26. The van der Waals surface area contributed by atoms with Gasteiger partial charge in [0.1, 0.15) is 11.4 Å². The first kappa shape index (κ1) is 20.4. The Morgan fingerprint density at radius 1 is 1.21 bits per heavy atom.